The van der Waals surface area contributed by atoms with Gasteiger partial charge in [-0.15, -0.1) is 0 Å². The lowest BCUT2D eigenvalue weighted by atomic mass is 10.1. The van der Waals surface area contributed by atoms with Crippen LogP contribution in [0, 0.1) is 17.6 Å². The Balaban J connectivity index is 1.69. The van der Waals surface area contributed by atoms with Gasteiger partial charge in [-0.05, 0) is 43.0 Å². The van der Waals surface area contributed by atoms with Gasteiger partial charge in [0.1, 0.15) is 11.6 Å². The third kappa shape index (κ3) is 3.55. The molecule has 1 aromatic carbocycles. The average Bonchev–Trinajstić information content (AvgIpc) is 2.96. The highest BCUT2D eigenvalue weighted by atomic mass is 19.1. The summed E-state index contributed by atoms with van der Waals surface area (Å²) in [5.41, 5.74) is 0.525. The first-order valence-corrected chi connectivity index (χ1v) is 8.42. The zero-order valence-electron chi connectivity index (χ0n) is 13.8. The van der Waals surface area contributed by atoms with Crippen LogP contribution in [0.15, 0.2) is 18.2 Å². The van der Waals surface area contributed by atoms with Crippen LogP contribution < -0.4 is 0 Å². The summed E-state index contributed by atoms with van der Waals surface area (Å²) in [5, 5.41) is 0. The second-order valence-corrected chi connectivity index (χ2v) is 7.15. The Hall–Kier alpha value is -1.49. The summed E-state index contributed by atoms with van der Waals surface area (Å²) < 4.78 is 26.7. The monoisotopic (exact) mass is 322 g/mol. The molecule has 23 heavy (non-hydrogen) atoms. The van der Waals surface area contributed by atoms with Gasteiger partial charge >= 0.3 is 0 Å². The molecule has 2 atom stereocenters. The van der Waals surface area contributed by atoms with Crippen molar-refractivity contribution < 1.29 is 13.6 Å². The molecule has 0 saturated carbocycles. The van der Waals surface area contributed by atoms with Gasteiger partial charge in [-0.2, -0.15) is 0 Å². The molecule has 0 spiro atoms. The van der Waals surface area contributed by atoms with Crippen molar-refractivity contribution in [1.82, 2.24) is 9.80 Å². The van der Waals surface area contributed by atoms with Crippen LogP contribution in [0.1, 0.15) is 38.7 Å². The van der Waals surface area contributed by atoms with E-state index in [1.54, 1.807) is 0 Å². The number of carbonyl (C=O) groups excluding carboxylic acids is 1. The molecule has 1 aromatic rings. The van der Waals surface area contributed by atoms with Gasteiger partial charge in [0.2, 0.25) is 5.91 Å². The highest BCUT2D eigenvalue weighted by molar-refractivity contribution is 5.80. The fraction of sp³-hybridized carbons (Fsp3) is 0.611. The van der Waals surface area contributed by atoms with Crippen molar-refractivity contribution in [3.8, 4) is 0 Å². The van der Waals surface area contributed by atoms with Gasteiger partial charge in [0.25, 0.3) is 0 Å². The average molecular weight is 322 g/mol. The van der Waals surface area contributed by atoms with Crippen LogP contribution in [0.3, 0.4) is 0 Å². The van der Waals surface area contributed by atoms with Crippen LogP contribution in [0.4, 0.5) is 8.78 Å². The van der Waals surface area contributed by atoms with Gasteiger partial charge in [0.15, 0.2) is 0 Å². The van der Waals surface area contributed by atoms with E-state index in [-0.39, 0.29) is 18.0 Å². The minimum atomic E-state index is -0.590. The quantitative estimate of drug-likeness (QED) is 0.831. The molecule has 0 unspecified atom stereocenters. The van der Waals surface area contributed by atoms with E-state index >= 15 is 0 Å². The number of benzene rings is 1. The molecule has 1 amide bonds. The van der Waals surface area contributed by atoms with Crippen LogP contribution in [0.2, 0.25) is 0 Å². The van der Waals surface area contributed by atoms with E-state index in [9.17, 15) is 13.6 Å². The number of nitrogens with zero attached hydrogens (tertiary/aromatic N) is 2. The molecule has 3 nitrogen and oxygen atoms in total. The van der Waals surface area contributed by atoms with Crippen molar-refractivity contribution in [3.63, 3.8) is 0 Å². The van der Waals surface area contributed by atoms with E-state index in [1.165, 1.54) is 12.1 Å². The molecule has 0 radical (unpaired) electrons. The van der Waals surface area contributed by atoms with Crippen molar-refractivity contribution in [2.45, 2.75) is 51.7 Å². The lowest BCUT2D eigenvalue weighted by Crippen LogP contribution is -2.37. The molecule has 5 heteroatoms. The number of amides is 1. The summed E-state index contributed by atoms with van der Waals surface area (Å²) in [5.74, 6) is -0.433. The largest absolute Gasteiger partial charge is 0.334 e. The van der Waals surface area contributed by atoms with Crippen LogP contribution >= 0.6 is 0 Å². The van der Waals surface area contributed by atoms with Gasteiger partial charge in [0.05, 0.1) is 0 Å². The zero-order valence-corrected chi connectivity index (χ0v) is 13.8. The summed E-state index contributed by atoms with van der Waals surface area (Å²) >= 11 is 0. The van der Waals surface area contributed by atoms with Crippen LogP contribution in [-0.4, -0.2) is 40.9 Å². The summed E-state index contributed by atoms with van der Waals surface area (Å²) in [7, 11) is 0. The van der Waals surface area contributed by atoms with Crippen LogP contribution in [0.5, 0.6) is 0 Å². The predicted octanol–water partition coefficient (Wildman–Crippen LogP) is 3.19. The number of likely N-dealkylation sites (tertiary alicyclic amines) is 2. The Morgan fingerprint density at radius 2 is 1.87 bits per heavy atom. The molecule has 0 aliphatic carbocycles. The maximum Gasteiger partial charge on any atom is 0.224 e. The SMILES string of the molecule is CC(C)CCN1CC[C@H]2[C@@H]1CC(=O)N2Cc1cc(F)cc(F)c1. The smallest absolute Gasteiger partial charge is 0.224 e. The molecule has 2 aliphatic heterocycles. The highest BCUT2D eigenvalue weighted by Gasteiger charge is 2.46. The maximum atomic E-state index is 13.4. The summed E-state index contributed by atoms with van der Waals surface area (Å²) in [6.45, 7) is 6.74. The Labute approximate surface area is 136 Å². The Morgan fingerprint density at radius 3 is 2.52 bits per heavy atom. The van der Waals surface area contributed by atoms with Crippen LogP contribution in [0.25, 0.3) is 0 Å². The van der Waals surface area contributed by atoms with E-state index in [4.69, 9.17) is 0 Å². The first-order valence-electron chi connectivity index (χ1n) is 8.42. The minimum absolute atomic E-state index is 0.0962. The maximum absolute atomic E-state index is 13.4. The van der Waals surface area contributed by atoms with Gasteiger partial charge in [-0.25, -0.2) is 8.78 Å². The fourth-order valence-corrected chi connectivity index (χ4v) is 3.82. The van der Waals surface area contributed by atoms with Gasteiger partial charge in [-0.1, -0.05) is 13.8 Å². The van der Waals surface area contributed by atoms with Gasteiger partial charge < -0.3 is 4.90 Å². The summed E-state index contributed by atoms with van der Waals surface area (Å²) in [4.78, 5) is 16.6. The number of carbonyl (C=O) groups is 1. The number of rotatable bonds is 5. The van der Waals surface area contributed by atoms with Gasteiger partial charge in [0, 0.05) is 37.7 Å². The lowest BCUT2D eigenvalue weighted by molar-refractivity contribution is -0.129. The number of hydrogen-bond donors (Lipinski definition) is 0. The third-order valence-corrected chi connectivity index (χ3v) is 5.00. The predicted molar refractivity (Wildman–Crippen MR) is 84.7 cm³/mol. The Kier molecular flexibility index (Phi) is 4.67. The van der Waals surface area contributed by atoms with Crippen molar-refractivity contribution in [2.24, 2.45) is 5.92 Å². The molecular weight excluding hydrogens is 298 g/mol. The standard InChI is InChI=1S/C18H24F2N2O/c1-12(2)3-5-21-6-4-16-17(21)10-18(23)22(16)11-13-7-14(19)9-15(20)8-13/h7-9,12,16-17H,3-6,10-11H2,1-2H3/t16-,17-/m0/s1. The lowest BCUT2D eigenvalue weighted by Gasteiger charge is -2.26. The highest BCUT2D eigenvalue weighted by Crippen LogP contribution is 2.34. The second kappa shape index (κ2) is 6.56. The van der Waals surface area contributed by atoms with E-state index in [0.29, 0.717) is 24.4 Å². The first-order chi connectivity index (χ1) is 10.9. The zero-order chi connectivity index (χ0) is 16.6. The molecule has 3 rings (SSSR count). The Morgan fingerprint density at radius 1 is 1.17 bits per heavy atom. The molecule has 2 heterocycles. The van der Waals surface area contributed by atoms with E-state index in [0.717, 1.165) is 32.0 Å². The fourth-order valence-electron chi connectivity index (χ4n) is 3.82. The normalized spacial score (nSPS) is 24.7. The van der Waals surface area contributed by atoms with Gasteiger partial charge in [-0.3, -0.25) is 9.69 Å². The molecule has 0 bridgehead atoms. The third-order valence-electron chi connectivity index (χ3n) is 5.00. The van der Waals surface area contributed by atoms with Crippen molar-refractivity contribution in [3.05, 3.63) is 35.4 Å². The topological polar surface area (TPSA) is 23.6 Å². The summed E-state index contributed by atoms with van der Waals surface area (Å²) in [6, 6.07) is 3.94. The minimum Gasteiger partial charge on any atom is -0.334 e. The van der Waals surface area contributed by atoms with E-state index in [1.807, 2.05) is 4.90 Å². The number of halogens is 2. The van der Waals surface area contributed by atoms with Crippen molar-refractivity contribution in [2.75, 3.05) is 13.1 Å². The molecule has 0 aromatic heterocycles. The van der Waals surface area contributed by atoms with E-state index < -0.39 is 11.6 Å². The second-order valence-electron chi connectivity index (χ2n) is 7.15. The molecule has 2 aliphatic rings. The molecule has 126 valence electrons. The van der Waals surface area contributed by atoms with Crippen molar-refractivity contribution in [1.29, 1.82) is 0 Å². The molecule has 2 fully saturated rings. The van der Waals surface area contributed by atoms with E-state index in [2.05, 4.69) is 18.7 Å². The van der Waals surface area contributed by atoms with Crippen LogP contribution in [-0.2, 0) is 11.3 Å². The number of hydrogen-bond acceptors (Lipinski definition) is 2. The molecular formula is C18H24F2N2O. The number of fused-ring (bicyclic) bond motifs is 1. The molecule has 0 N–H and O–H groups in total. The Bertz CT molecular complexity index is 570. The first kappa shape index (κ1) is 16.4. The summed E-state index contributed by atoms with van der Waals surface area (Å²) in [6.07, 6.45) is 2.61. The van der Waals surface area contributed by atoms with Crippen molar-refractivity contribution >= 4 is 5.91 Å². The molecule has 2 saturated heterocycles.